The minimum Gasteiger partial charge on any atom is -0.463 e. The number of rotatable bonds is 29. The van der Waals surface area contributed by atoms with Crippen molar-refractivity contribution in [3.05, 3.63) is 85.1 Å². The minimum absolute atomic E-state index is 0.0663. The average molecular weight is 636 g/mol. The minimum atomic E-state index is -4.26. The topological polar surface area (TPSA) is 128 Å². The first-order valence-electron chi connectivity index (χ1n) is 16.1. The van der Waals surface area contributed by atoms with Crippen LogP contribution in [0.3, 0.4) is 0 Å². The van der Waals surface area contributed by atoms with Gasteiger partial charge in [-0.2, -0.15) is 0 Å². The zero-order valence-electron chi connectivity index (χ0n) is 26.8. The molecule has 250 valence electrons. The van der Waals surface area contributed by atoms with E-state index in [4.69, 9.17) is 10.5 Å². The summed E-state index contributed by atoms with van der Waals surface area (Å²) >= 11 is 0. The number of hydrogen-bond donors (Lipinski definition) is 3. The molecular formula is C35H58NO7P. The van der Waals surface area contributed by atoms with Gasteiger partial charge in [0, 0.05) is 13.0 Å². The number of carbonyl (C=O) groups excluding carboxylic acids is 1. The Morgan fingerprint density at radius 2 is 1.14 bits per heavy atom. The molecular weight excluding hydrogens is 577 g/mol. The molecule has 0 aromatic carbocycles. The van der Waals surface area contributed by atoms with Crippen molar-refractivity contribution in [1.29, 1.82) is 0 Å². The Kier molecular flexibility index (Phi) is 30.4. The lowest BCUT2D eigenvalue weighted by molar-refractivity contribution is -0.147. The highest BCUT2D eigenvalue weighted by Gasteiger charge is 2.22. The van der Waals surface area contributed by atoms with E-state index in [0.29, 0.717) is 0 Å². The van der Waals surface area contributed by atoms with E-state index in [1.54, 1.807) is 0 Å². The Bertz CT molecular complexity index is 937. The van der Waals surface area contributed by atoms with E-state index in [1.165, 1.54) is 0 Å². The van der Waals surface area contributed by atoms with Crippen molar-refractivity contribution in [2.75, 3.05) is 26.4 Å². The summed E-state index contributed by atoms with van der Waals surface area (Å²) in [5, 5.41) is 9.73. The number of phosphoric ester groups is 1. The first kappa shape index (κ1) is 41.7. The second kappa shape index (κ2) is 32.1. The average Bonchev–Trinajstić information content (AvgIpc) is 3.01. The largest absolute Gasteiger partial charge is 0.472 e. The van der Waals surface area contributed by atoms with Crippen LogP contribution in [0.1, 0.15) is 96.8 Å². The van der Waals surface area contributed by atoms with Gasteiger partial charge < -0.3 is 20.5 Å². The maximum Gasteiger partial charge on any atom is 0.472 e. The van der Waals surface area contributed by atoms with Crippen LogP contribution in [-0.4, -0.2) is 48.4 Å². The summed E-state index contributed by atoms with van der Waals surface area (Å²) in [4.78, 5) is 21.1. The number of hydrogen-bond acceptors (Lipinski definition) is 7. The van der Waals surface area contributed by atoms with Gasteiger partial charge in [0.05, 0.1) is 13.2 Å². The lowest BCUT2D eigenvalue weighted by atomic mass is 10.1. The molecule has 8 nitrogen and oxygen atoms in total. The summed E-state index contributed by atoms with van der Waals surface area (Å²) in [6.45, 7) is 1.29. The molecule has 0 rings (SSSR count). The highest BCUT2D eigenvalue weighted by Crippen LogP contribution is 2.42. The predicted molar refractivity (Wildman–Crippen MR) is 182 cm³/mol. The van der Waals surface area contributed by atoms with Crippen LogP contribution < -0.4 is 5.73 Å². The zero-order chi connectivity index (χ0) is 32.4. The van der Waals surface area contributed by atoms with E-state index in [9.17, 15) is 19.4 Å². The first-order chi connectivity index (χ1) is 21.4. The van der Waals surface area contributed by atoms with Crippen molar-refractivity contribution in [3.8, 4) is 0 Å². The third kappa shape index (κ3) is 32.6. The Labute approximate surface area is 266 Å². The molecule has 4 N–H and O–H groups in total. The van der Waals surface area contributed by atoms with Gasteiger partial charge in [0.2, 0.25) is 0 Å². The summed E-state index contributed by atoms with van der Waals surface area (Å²) in [6.07, 6.45) is 43.0. The van der Waals surface area contributed by atoms with Crippen LogP contribution in [0.4, 0.5) is 0 Å². The molecule has 0 fully saturated rings. The van der Waals surface area contributed by atoms with E-state index < -0.39 is 26.5 Å². The van der Waals surface area contributed by atoms with E-state index in [2.05, 4.69) is 101 Å². The fourth-order valence-electron chi connectivity index (χ4n) is 3.67. The van der Waals surface area contributed by atoms with Gasteiger partial charge in [0.15, 0.2) is 0 Å². The molecule has 0 aliphatic rings. The lowest BCUT2D eigenvalue weighted by Gasteiger charge is -2.15. The number of esters is 1. The number of phosphoric acid groups is 1. The van der Waals surface area contributed by atoms with Crippen molar-refractivity contribution in [3.63, 3.8) is 0 Å². The molecule has 44 heavy (non-hydrogen) atoms. The Morgan fingerprint density at radius 3 is 1.64 bits per heavy atom. The second-order valence-electron chi connectivity index (χ2n) is 10.2. The summed E-state index contributed by atoms with van der Waals surface area (Å²) in [6, 6.07) is 0. The summed E-state index contributed by atoms with van der Waals surface area (Å²) < 4.78 is 25.6. The van der Waals surface area contributed by atoms with Crippen LogP contribution in [-0.2, 0) is 23.1 Å². The molecule has 2 unspecified atom stereocenters. The van der Waals surface area contributed by atoms with Crippen LogP contribution in [0, 0.1) is 0 Å². The molecule has 2 atom stereocenters. The van der Waals surface area contributed by atoms with Gasteiger partial charge in [-0.05, 0) is 64.2 Å². The van der Waals surface area contributed by atoms with Gasteiger partial charge in [-0.3, -0.25) is 13.8 Å². The monoisotopic (exact) mass is 635 g/mol. The van der Waals surface area contributed by atoms with Crippen molar-refractivity contribution < 1.29 is 33.1 Å². The Morgan fingerprint density at radius 1 is 0.682 bits per heavy atom. The van der Waals surface area contributed by atoms with Gasteiger partial charge in [0.1, 0.15) is 12.7 Å². The predicted octanol–water partition coefficient (Wildman–Crippen LogP) is 8.36. The first-order valence-corrected chi connectivity index (χ1v) is 17.6. The molecule has 0 aromatic rings. The SMILES string of the molecule is CC/C=C\C/C=C\C/C=C\C/C=C\C/C=C\C/C=C\C/C=C\CCCCCCCC(=O)OCC(O)COP(=O)(O)OCCN. The molecule has 0 aromatic heterocycles. The van der Waals surface area contributed by atoms with Crippen molar-refractivity contribution >= 4 is 13.8 Å². The van der Waals surface area contributed by atoms with E-state index in [-0.39, 0.29) is 26.2 Å². The quantitative estimate of drug-likeness (QED) is 0.0324. The highest BCUT2D eigenvalue weighted by atomic mass is 31.2. The van der Waals surface area contributed by atoms with Crippen LogP contribution >= 0.6 is 7.82 Å². The van der Waals surface area contributed by atoms with Gasteiger partial charge in [-0.1, -0.05) is 111 Å². The van der Waals surface area contributed by atoms with Crippen LogP contribution in [0.15, 0.2) is 85.1 Å². The van der Waals surface area contributed by atoms with Crippen LogP contribution in [0.2, 0.25) is 0 Å². The number of ether oxygens (including phenoxy) is 1. The van der Waals surface area contributed by atoms with E-state index in [1.807, 2.05) is 0 Å². The zero-order valence-corrected chi connectivity index (χ0v) is 27.7. The number of aliphatic hydroxyl groups excluding tert-OH is 1. The molecule has 9 heteroatoms. The van der Waals surface area contributed by atoms with Crippen molar-refractivity contribution in [1.82, 2.24) is 0 Å². The number of unbranched alkanes of at least 4 members (excludes halogenated alkanes) is 5. The third-order valence-corrected chi connectivity index (χ3v) is 7.01. The standard InChI is InChI=1S/C35H58NO7P/c1-2-3-4-5-6-7-8-9-10-11-12-13-14-15-16-17-18-19-20-21-22-23-24-25-26-27-28-29-35(38)41-32-34(37)33-43-44(39,40)42-31-30-36/h3-4,6-7,9-10,12-13,15-16,18-19,21-22,34,37H,2,5,8,11,14,17,20,23-33,36H2,1H3,(H,39,40)/b4-3-,7-6-,10-9-,13-12-,16-15-,19-18-,22-21-. The summed E-state index contributed by atoms with van der Waals surface area (Å²) in [5.74, 6) is -0.409. The molecule has 0 bridgehead atoms. The fraction of sp³-hybridized carbons (Fsp3) is 0.571. The Balaban J connectivity index is 3.59. The maximum atomic E-state index is 11.8. The molecule has 0 aliphatic heterocycles. The van der Waals surface area contributed by atoms with Crippen LogP contribution in [0.25, 0.3) is 0 Å². The summed E-state index contributed by atoms with van der Waals surface area (Å²) in [7, 11) is -4.26. The maximum absolute atomic E-state index is 11.8. The third-order valence-electron chi connectivity index (χ3n) is 6.03. The molecule has 0 saturated carbocycles. The van der Waals surface area contributed by atoms with Gasteiger partial charge in [0.25, 0.3) is 0 Å². The molecule has 0 spiro atoms. The summed E-state index contributed by atoms with van der Waals surface area (Å²) in [5.41, 5.74) is 5.18. The second-order valence-corrected chi connectivity index (χ2v) is 11.6. The van der Waals surface area contributed by atoms with Crippen molar-refractivity contribution in [2.24, 2.45) is 5.73 Å². The molecule has 0 amide bonds. The normalized spacial score (nSPS) is 14.9. The van der Waals surface area contributed by atoms with E-state index >= 15 is 0 Å². The highest BCUT2D eigenvalue weighted by molar-refractivity contribution is 7.47. The van der Waals surface area contributed by atoms with E-state index in [0.717, 1.165) is 83.5 Å². The van der Waals surface area contributed by atoms with Crippen molar-refractivity contribution in [2.45, 2.75) is 103 Å². The number of allylic oxidation sites excluding steroid dienone is 14. The number of nitrogens with two attached hydrogens (primary N) is 1. The van der Waals surface area contributed by atoms with Gasteiger partial charge in [-0.25, -0.2) is 4.57 Å². The molecule has 0 aliphatic carbocycles. The fourth-order valence-corrected chi connectivity index (χ4v) is 4.44. The smallest absolute Gasteiger partial charge is 0.463 e. The molecule has 0 radical (unpaired) electrons. The molecule has 0 saturated heterocycles. The van der Waals surface area contributed by atoms with Crippen LogP contribution in [0.5, 0.6) is 0 Å². The number of carbonyl (C=O) groups is 1. The lowest BCUT2D eigenvalue weighted by Crippen LogP contribution is -2.23. The number of aliphatic hydroxyl groups is 1. The van der Waals surface area contributed by atoms with Gasteiger partial charge in [-0.15, -0.1) is 0 Å². The Hall–Kier alpha value is -2.32. The molecule has 0 heterocycles. The van der Waals surface area contributed by atoms with Gasteiger partial charge >= 0.3 is 13.8 Å².